The number of aromatic nitrogens is 2. The number of hydrogen-bond donors (Lipinski definition) is 1. The highest BCUT2D eigenvalue weighted by Crippen LogP contribution is 2.23. The van der Waals surface area contributed by atoms with Gasteiger partial charge in [-0.15, -0.1) is 0 Å². The molecule has 25 heavy (non-hydrogen) atoms. The molecule has 0 unspecified atom stereocenters. The quantitative estimate of drug-likeness (QED) is 0.593. The Morgan fingerprint density at radius 1 is 0.800 bits per heavy atom. The van der Waals surface area contributed by atoms with E-state index in [0.29, 0.717) is 11.7 Å². The van der Waals surface area contributed by atoms with E-state index < -0.39 is 0 Å². The van der Waals surface area contributed by atoms with Gasteiger partial charge in [-0.05, 0) is 56.1 Å². The molecule has 2 aromatic heterocycles. The number of pyridine rings is 2. The fourth-order valence-electron chi connectivity index (χ4n) is 2.41. The standard InChI is InChI=1S/C18H11Br2N5/c19-11-5-7-15(21-9-11)23-17-13-3-1-2-4-14(13)18(25-17)24-16-8-6-12(20)10-22-16/h1-10H,(H,21,22,23,24,25). The highest BCUT2D eigenvalue weighted by molar-refractivity contribution is 9.10. The Hall–Kier alpha value is -2.38. The van der Waals surface area contributed by atoms with Gasteiger partial charge in [0.05, 0.1) is 0 Å². The zero-order chi connectivity index (χ0) is 17.2. The van der Waals surface area contributed by atoms with Gasteiger partial charge >= 0.3 is 0 Å². The van der Waals surface area contributed by atoms with Crippen molar-refractivity contribution in [3.8, 4) is 0 Å². The van der Waals surface area contributed by atoms with Crippen molar-refractivity contribution in [3.05, 3.63) is 81.0 Å². The van der Waals surface area contributed by atoms with Crippen LogP contribution in [0.1, 0.15) is 11.1 Å². The van der Waals surface area contributed by atoms with Crippen LogP contribution >= 0.6 is 31.9 Å². The lowest BCUT2D eigenvalue weighted by molar-refractivity contribution is 1.25. The molecule has 0 fully saturated rings. The van der Waals surface area contributed by atoms with E-state index in [2.05, 4.69) is 57.1 Å². The van der Waals surface area contributed by atoms with E-state index in [1.807, 2.05) is 48.5 Å². The number of hydrogen-bond acceptors (Lipinski definition) is 4. The molecule has 5 nitrogen and oxygen atoms in total. The Morgan fingerprint density at radius 3 is 2.20 bits per heavy atom. The van der Waals surface area contributed by atoms with Crippen LogP contribution in [0.15, 0.2) is 79.9 Å². The average molecular weight is 457 g/mol. The Morgan fingerprint density at radius 2 is 1.52 bits per heavy atom. The Balaban J connectivity index is 1.71. The molecule has 0 saturated carbocycles. The summed E-state index contributed by atoms with van der Waals surface area (Å²) in [5, 5.41) is 3.26. The van der Waals surface area contributed by atoms with Crippen LogP contribution in [-0.2, 0) is 0 Å². The minimum atomic E-state index is 0.611. The van der Waals surface area contributed by atoms with Crippen LogP contribution in [0.3, 0.4) is 0 Å². The van der Waals surface area contributed by atoms with Gasteiger partial charge in [0.15, 0.2) is 11.7 Å². The van der Waals surface area contributed by atoms with Crippen LogP contribution in [0.25, 0.3) is 0 Å². The van der Waals surface area contributed by atoms with E-state index in [4.69, 9.17) is 0 Å². The number of anilines is 1. The van der Waals surface area contributed by atoms with Crippen LogP contribution in [0, 0.1) is 0 Å². The molecule has 0 radical (unpaired) electrons. The fourth-order valence-corrected chi connectivity index (χ4v) is 2.87. The van der Waals surface area contributed by atoms with E-state index in [9.17, 15) is 0 Å². The number of aliphatic imine (C=N–C) groups is 2. The summed E-state index contributed by atoms with van der Waals surface area (Å²) in [4.78, 5) is 17.8. The normalized spacial score (nSPS) is 14.3. The van der Waals surface area contributed by atoms with Gasteiger partial charge < -0.3 is 5.32 Å². The maximum atomic E-state index is 4.64. The molecule has 1 aliphatic heterocycles. The maximum absolute atomic E-state index is 4.64. The second kappa shape index (κ2) is 6.85. The van der Waals surface area contributed by atoms with Crippen molar-refractivity contribution in [2.75, 3.05) is 5.32 Å². The molecule has 0 amide bonds. The predicted molar refractivity (Wildman–Crippen MR) is 107 cm³/mol. The molecule has 1 N–H and O–H groups in total. The molecular formula is C18H11Br2N5. The number of halogens is 2. The average Bonchev–Trinajstić information content (AvgIpc) is 2.97. The Labute approximate surface area is 161 Å². The van der Waals surface area contributed by atoms with Crippen LogP contribution in [-0.4, -0.2) is 21.6 Å². The van der Waals surface area contributed by atoms with Crippen molar-refractivity contribution in [3.63, 3.8) is 0 Å². The molecule has 4 rings (SSSR count). The number of amidine groups is 2. The highest BCUT2D eigenvalue weighted by Gasteiger charge is 2.21. The molecule has 0 atom stereocenters. The van der Waals surface area contributed by atoms with Gasteiger partial charge in [0.1, 0.15) is 11.7 Å². The van der Waals surface area contributed by atoms with Crippen molar-refractivity contribution in [2.45, 2.75) is 0 Å². The van der Waals surface area contributed by atoms with Gasteiger partial charge in [-0.3, -0.25) is 0 Å². The van der Waals surface area contributed by atoms with E-state index >= 15 is 0 Å². The van der Waals surface area contributed by atoms with E-state index in [1.165, 1.54) is 0 Å². The summed E-state index contributed by atoms with van der Waals surface area (Å²) >= 11 is 6.76. The van der Waals surface area contributed by atoms with Gasteiger partial charge in [-0.2, -0.15) is 0 Å². The number of nitrogens with one attached hydrogen (secondary N) is 1. The summed E-state index contributed by atoms with van der Waals surface area (Å²) < 4.78 is 1.84. The van der Waals surface area contributed by atoms with E-state index in [-0.39, 0.29) is 0 Å². The zero-order valence-corrected chi connectivity index (χ0v) is 16.0. The van der Waals surface area contributed by atoms with Crippen LogP contribution < -0.4 is 5.32 Å². The summed E-state index contributed by atoms with van der Waals surface area (Å²) in [6, 6.07) is 15.5. The molecular weight excluding hydrogens is 446 g/mol. The third-order valence-electron chi connectivity index (χ3n) is 3.55. The summed E-state index contributed by atoms with van der Waals surface area (Å²) in [6.07, 6.45) is 3.46. The lowest BCUT2D eigenvalue weighted by atomic mass is 10.1. The van der Waals surface area contributed by atoms with Crippen molar-refractivity contribution in [2.24, 2.45) is 9.98 Å². The Bertz CT molecular complexity index is 979. The van der Waals surface area contributed by atoms with E-state index in [0.717, 1.165) is 31.7 Å². The number of fused-ring (bicyclic) bond motifs is 1. The van der Waals surface area contributed by atoms with Crippen molar-refractivity contribution < 1.29 is 0 Å². The second-order valence-corrected chi connectivity index (χ2v) is 7.09. The first-order valence-electron chi connectivity index (χ1n) is 7.46. The number of nitrogens with zero attached hydrogens (tertiary/aromatic N) is 4. The summed E-state index contributed by atoms with van der Waals surface area (Å²) in [5.41, 5.74) is 1.95. The fraction of sp³-hybridized carbons (Fsp3) is 0. The van der Waals surface area contributed by atoms with Gasteiger partial charge in [0.25, 0.3) is 0 Å². The SMILES string of the molecule is Brc1ccc(N=C2N=C(Nc3ccc(Br)cn3)c3ccccc32)nc1. The molecule has 1 aromatic carbocycles. The minimum Gasteiger partial charge on any atom is -0.324 e. The zero-order valence-electron chi connectivity index (χ0n) is 12.8. The molecule has 3 aromatic rings. The second-order valence-electron chi connectivity index (χ2n) is 5.26. The molecule has 0 spiro atoms. The molecule has 7 heteroatoms. The first kappa shape index (κ1) is 16.1. The van der Waals surface area contributed by atoms with Crippen molar-refractivity contribution in [1.29, 1.82) is 0 Å². The number of benzene rings is 1. The molecule has 0 bridgehead atoms. The highest BCUT2D eigenvalue weighted by atomic mass is 79.9. The van der Waals surface area contributed by atoms with Crippen molar-refractivity contribution >= 4 is 55.2 Å². The predicted octanol–water partition coefficient (Wildman–Crippen LogP) is 4.95. The third kappa shape index (κ3) is 3.52. The summed E-state index contributed by atoms with van der Waals surface area (Å²) in [6.45, 7) is 0. The largest absolute Gasteiger partial charge is 0.324 e. The monoisotopic (exact) mass is 455 g/mol. The third-order valence-corrected chi connectivity index (χ3v) is 4.49. The van der Waals surface area contributed by atoms with Gasteiger partial charge in [0, 0.05) is 32.5 Å². The van der Waals surface area contributed by atoms with Gasteiger partial charge in [-0.1, -0.05) is 24.3 Å². The van der Waals surface area contributed by atoms with Gasteiger partial charge in [-0.25, -0.2) is 20.0 Å². The molecule has 3 heterocycles. The molecule has 122 valence electrons. The van der Waals surface area contributed by atoms with Crippen LogP contribution in [0.5, 0.6) is 0 Å². The number of rotatable bonds is 2. The smallest absolute Gasteiger partial charge is 0.164 e. The minimum absolute atomic E-state index is 0.611. The van der Waals surface area contributed by atoms with Gasteiger partial charge in [0.2, 0.25) is 0 Å². The van der Waals surface area contributed by atoms with Crippen molar-refractivity contribution in [1.82, 2.24) is 9.97 Å². The molecule has 0 aliphatic carbocycles. The Kier molecular flexibility index (Phi) is 4.42. The first-order valence-corrected chi connectivity index (χ1v) is 9.05. The van der Waals surface area contributed by atoms with E-state index in [1.54, 1.807) is 12.4 Å². The molecule has 1 aliphatic rings. The lowest BCUT2D eigenvalue weighted by Crippen LogP contribution is -2.12. The maximum Gasteiger partial charge on any atom is 0.164 e. The summed E-state index contributed by atoms with van der Waals surface area (Å²) in [7, 11) is 0. The topological polar surface area (TPSA) is 62.5 Å². The van der Waals surface area contributed by atoms with Crippen LogP contribution in [0.4, 0.5) is 11.6 Å². The van der Waals surface area contributed by atoms with Crippen LogP contribution in [0.2, 0.25) is 0 Å². The first-order chi connectivity index (χ1) is 12.2. The summed E-state index contributed by atoms with van der Waals surface area (Å²) in [5.74, 6) is 2.69. The molecule has 0 saturated heterocycles. The lowest BCUT2D eigenvalue weighted by Gasteiger charge is -2.05.